The van der Waals surface area contributed by atoms with Crippen LogP contribution in [0.4, 0.5) is 17.1 Å². The molecule has 12 rings (SSSR count). The van der Waals surface area contributed by atoms with E-state index in [-0.39, 0.29) is 12.0 Å². The maximum absolute atomic E-state index is 7.03. The maximum atomic E-state index is 7.03. The Morgan fingerprint density at radius 3 is 1.58 bits per heavy atom. The lowest BCUT2D eigenvalue weighted by Crippen LogP contribution is -2.26. The molecule has 64 heavy (non-hydrogen) atoms. The lowest BCUT2D eigenvalue weighted by atomic mass is 9.85. The van der Waals surface area contributed by atoms with E-state index < -0.39 is 0 Å². The summed E-state index contributed by atoms with van der Waals surface area (Å²) in [5.74, 6) is 0.550. The first kappa shape index (κ1) is 37.5. The Morgan fingerprint density at radius 2 is 0.938 bits per heavy atom. The van der Waals surface area contributed by atoms with Gasteiger partial charge in [0.1, 0.15) is 22.3 Å². The van der Waals surface area contributed by atoms with Crippen molar-refractivity contribution in [2.24, 2.45) is 15.9 Å². The molecule has 5 nitrogen and oxygen atoms in total. The highest BCUT2D eigenvalue weighted by Gasteiger charge is 2.33. The molecular formula is C59H41N3O2. The molecule has 0 fully saturated rings. The minimum absolute atomic E-state index is 0.0875. The number of hydrogen-bond donors (Lipinski definition) is 0. The standard InChI is InChI=1S/C59H41N3O2/c1-38-55(43-20-9-4-10-21-43)60-59(50-25-15-24-47-46-22-11-13-26-52(46)63-57(47)50)61-56(38)49-36-37-51(54-48-23-12-14-27-53(48)64-58(49)54)62(44-32-28-41(29-33-44)39-16-5-2-6-17-39)45-34-30-42(31-35-45)40-18-7-3-8-19-40/h2-38,55H,1H3. The second-order valence-electron chi connectivity index (χ2n) is 16.5. The van der Waals surface area contributed by atoms with Crippen LogP contribution >= 0.6 is 0 Å². The van der Waals surface area contributed by atoms with Crippen molar-refractivity contribution >= 4 is 72.5 Å². The molecule has 0 aliphatic carbocycles. The van der Waals surface area contributed by atoms with Crippen molar-refractivity contribution in [1.29, 1.82) is 0 Å². The molecule has 0 N–H and O–H groups in total. The van der Waals surface area contributed by atoms with Crippen molar-refractivity contribution in [1.82, 2.24) is 0 Å². The molecule has 1 aliphatic heterocycles. The van der Waals surface area contributed by atoms with Crippen LogP contribution in [0, 0.1) is 5.92 Å². The lowest BCUT2D eigenvalue weighted by molar-refractivity contribution is 0.590. The highest BCUT2D eigenvalue weighted by Crippen LogP contribution is 2.46. The topological polar surface area (TPSA) is 54.2 Å². The first-order valence-corrected chi connectivity index (χ1v) is 21.8. The van der Waals surface area contributed by atoms with Crippen molar-refractivity contribution < 1.29 is 8.83 Å². The van der Waals surface area contributed by atoms with Gasteiger partial charge < -0.3 is 13.7 Å². The van der Waals surface area contributed by atoms with Crippen molar-refractivity contribution in [2.75, 3.05) is 4.90 Å². The van der Waals surface area contributed by atoms with Crippen molar-refractivity contribution in [2.45, 2.75) is 13.0 Å². The monoisotopic (exact) mass is 823 g/mol. The number of anilines is 3. The second-order valence-corrected chi connectivity index (χ2v) is 16.5. The van der Waals surface area contributed by atoms with Crippen molar-refractivity contribution in [3.63, 3.8) is 0 Å². The number of rotatable bonds is 8. The van der Waals surface area contributed by atoms with Gasteiger partial charge in [0, 0.05) is 39.0 Å². The Labute approximate surface area is 370 Å². The van der Waals surface area contributed by atoms with Gasteiger partial charge in [0.25, 0.3) is 0 Å². The van der Waals surface area contributed by atoms with E-state index in [0.717, 1.165) is 94.5 Å². The van der Waals surface area contributed by atoms with Gasteiger partial charge in [-0.05, 0) is 82.4 Å². The summed E-state index contributed by atoms with van der Waals surface area (Å²) in [7, 11) is 0. The molecule has 0 bridgehead atoms. The Balaban J connectivity index is 1.06. The van der Waals surface area contributed by atoms with E-state index in [9.17, 15) is 0 Å². The van der Waals surface area contributed by atoms with Crippen LogP contribution in [0.25, 0.3) is 66.1 Å². The predicted molar refractivity (Wildman–Crippen MR) is 264 cm³/mol. The van der Waals surface area contributed by atoms with Crippen LogP contribution < -0.4 is 4.90 Å². The number of hydrogen-bond acceptors (Lipinski definition) is 5. The molecule has 0 radical (unpaired) electrons. The summed E-state index contributed by atoms with van der Waals surface area (Å²) < 4.78 is 13.6. The van der Waals surface area contributed by atoms with Crippen LogP contribution in [0.5, 0.6) is 0 Å². The van der Waals surface area contributed by atoms with E-state index in [1.165, 1.54) is 11.1 Å². The third-order valence-corrected chi connectivity index (χ3v) is 12.7. The average Bonchev–Trinajstić information content (AvgIpc) is 3.95. The molecule has 1 aliphatic rings. The number of furan rings is 2. The van der Waals surface area contributed by atoms with Gasteiger partial charge in [0.15, 0.2) is 5.84 Å². The van der Waals surface area contributed by atoms with E-state index in [4.69, 9.17) is 18.8 Å². The molecule has 0 saturated heterocycles. The minimum atomic E-state index is -0.204. The van der Waals surface area contributed by atoms with Gasteiger partial charge >= 0.3 is 0 Å². The SMILES string of the molecule is CC1C(c2ccc(N(c3ccc(-c4ccccc4)cc3)c3ccc(-c4ccccc4)cc3)c3c2oc2ccccc23)=NC(c2cccc3c2oc2ccccc23)=NC1c1ccccc1. The predicted octanol–water partition coefficient (Wildman–Crippen LogP) is 15.9. The Kier molecular flexibility index (Phi) is 9.12. The summed E-state index contributed by atoms with van der Waals surface area (Å²) in [5.41, 5.74) is 14.8. The molecule has 3 heterocycles. The first-order valence-electron chi connectivity index (χ1n) is 21.8. The number of fused-ring (bicyclic) bond motifs is 6. The van der Waals surface area contributed by atoms with Crippen LogP contribution in [0.1, 0.15) is 29.7 Å². The summed E-state index contributed by atoms with van der Waals surface area (Å²) >= 11 is 0. The van der Waals surface area contributed by atoms with Crippen molar-refractivity contribution in [3.05, 3.63) is 235 Å². The van der Waals surface area contributed by atoms with Gasteiger partial charge in [-0.3, -0.25) is 4.99 Å². The number of aliphatic imine (C=N–C) groups is 2. The quantitative estimate of drug-likeness (QED) is 0.153. The van der Waals surface area contributed by atoms with E-state index in [1.54, 1.807) is 0 Å². The number of amidine groups is 1. The van der Waals surface area contributed by atoms with Gasteiger partial charge in [-0.15, -0.1) is 0 Å². The molecule has 2 aromatic heterocycles. The van der Waals surface area contributed by atoms with Gasteiger partial charge in [0.2, 0.25) is 0 Å². The van der Waals surface area contributed by atoms with Crippen LogP contribution in [0.2, 0.25) is 0 Å². The fraction of sp³-hybridized carbons (Fsp3) is 0.0508. The number of benzene rings is 9. The van der Waals surface area contributed by atoms with Gasteiger partial charge in [0.05, 0.1) is 28.4 Å². The molecule has 9 aromatic carbocycles. The molecular weight excluding hydrogens is 783 g/mol. The fourth-order valence-corrected chi connectivity index (χ4v) is 9.50. The number of para-hydroxylation sites is 3. The summed E-state index contributed by atoms with van der Waals surface area (Å²) in [6, 6.07) is 76.3. The molecule has 2 unspecified atom stereocenters. The largest absolute Gasteiger partial charge is 0.455 e. The van der Waals surface area contributed by atoms with Gasteiger partial charge in [-0.25, -0.2) is 4.99 Å². The Hall–Kier alpha value is -8.28. The lowest BCUT2D eigenvalue weighted by Gasteiger charge is -2.29. The molecule has 2 atom stereocenters. The van der Waals surface area contributed by atoms with Crippen molar-refractivity contribution in [3.8, 4) is 22.3 Å². The summed E-state index contributed by atoms with van der Waals surface area (Å²) in [5, 5.41) is 4.16. The zero-order chi connectivity index (χ0) is 42.6. The highest BCUT2D eigenvalue weighted by molar-refractivity contribution is 6.25. The average molecular weight is 824 g/mol. The smallest absolute Gasteiger partial charge is 0.159 e. The molecule has 0 amide bonds. The van der Waals surface area contributed by atoms with Crippen LogP contribution in [0.3, 0.4) is 0 Å². The molecule has 304 valence electrons. The Bertz CT molecular complexity index is 3470. The molecule has 0 saturated carbocycles. The van der Waals surface area contributed by atoms with E-state index in [2.05, 4.69) is 206 Å². The molecule has 11 aromatic rings. The third-order valence-electron chi connectivity index (χ3n) is 12.7. The van der Waals surface area contributed by atoms with Crippen LogP contribution in [-0.4, -0.2) is 11.5 Å². The minimum Gasteiger partial charge on any atom is -0.455 e. The van der Waals surface area contributed by atoms with E-state index >= 15 is 0 Å². The zero-order valence-electron chi connectivity index (χ0n) is 35.1. The maximum Gasteiger partial charge on any atom is 0.159 e. The summed E-state index contributed by atoms with van der Waals surface area (Å²) in [6.07, 6.45) is 0. The summed E-state index contributed by atoms with van der Waals surface area (Å²) in [6.45, 7) is 2.23. The van der Waals surface area contributed by atoms with Gasteiger partial charge in [-0.1, -0.05) is 171 Å². The summed E-state index contributed by atoms with van der Waals surface area (Å²) in [4.78, 5) is 13.3. The first-order chi connectivity index (χ1) is 31.7. The normalized spacial score (nSPS) is 15.1. The third kappa shape index (κ3) is 6.40. The fourth-order valence-electron chi connectivity index (χ4n) is 9.50. The second kappa shape index (κ2) is 15.6. The van der Waals surface area contributed by atoms with Crippen LogP contribution in [-0.2, 0) is 0 Å². The zero-order valence-corrected chi connectivity index (χ0v) is 35.1. The number of nitrogens with zero attached hydrogens (tertiary/aromatic N) is 3. The van der Waals surface area contributed by atoms with Gasteiger partial charge in [-0.2, -0.15) is 0 Å². The highest BCUT2D eigenvalue weighted by atomic mass is 16.3. The molecule has 0 spiro atoms. The van der Waals surface area contributed by atoms with Crippen LogP contribution in [0.15, 0.2) is 237 Å². The molecule has 5 heteroatoms. The Morgan fingerprint density at radius 1 is 0.422 bits per heavy atom. The van der Waals surface area contributed by atoms with E-state index in [1.807, 2.05) is 24.3 Å². The van der Waals surface area contributed by atoms with E-state index in [0.29, 0.717) is 5.84 Å².